The van der Waals surface area contributed by atoms with Crippen LogP contribution in [0.1, 0.15) is 21.7 Å². The van der Waals surface area contributed by atoms with Crippen molar-refractivity contribution in [2.45, 2.75) is 6.92 Å². The lowest BCUT2D eigenvalue weighted by Gasteiger charge is -1.99. The summed E-state index contributed by atoms with van der Waals surface area (Å²) in [6.45, 7) is 1.92. The predicted octanol–water partition coefficient (Wildman–Crippen LogP) is 5.64. The van der Waals surface area contributed by atoms with E-state index < -0.39 is 5.82 Å². The van der Waals surface area contributed by atoms with Crippen molar-refractivity contribution in [2.75, 3.05) is 0 Å². The Hall–Kier alpha value is -1.46. The Kier molecular flexibility index (Phi) is 3.71. The fourth-order valence-corrected chi connectivity index (χ4v) is 3.14. The van der Waals surface area contributed by atoms with Crippen molar-refractivity contribution in [1.29, 1.82) is 0 Å². The van der Waals surface area contributed by atoms with Crippen LogP contribution in [0.5, 0.6) is 0 Å². The van der Waals surface area contributed by atoms with Gasteiger partial charge in [-0.15, -0.1) is 0 Å². The minimum absolute atomic E-state index is 0.240. The Morgan fingerprint density at radius 2 is 1.90 bits per heavy atom. The number of halogens is 3. The SMILES string of the molecule is Cc1cc(Br)cc2cc(C(=O)c3ccc(F)c(Br)c3)oc12. The topological polar surface area (TPSA) is 30.2 Å². The van der Waals surface area contributed by atoms with Crippen molar-refractivity contribution in [2.24, 2.45) is 0 Å². The van der Waals surface area contributed by atoms with Gasteiger partial charge in [0.25, 0.3) is 0 Å². The van der Waals surface area contributed by atoms with E-state index in [9.17, 15) is 9.18 Å². The van der Waals surface area contributed by atoms with Crippen molar-refractivity contribution in [3.05, 3.63) is 68.0 Å². The Balaban J connectivity index is 2.09. The Morgan fingerprint density at radius 3 is 2.62 bits per heavy atom. The van der Waals surface area contributed by atoms with Gasteiger partial charge in [-0.3, -0.25) is 4.79 Å². The van der Waals surface area contributed by atoms with E-state index in [0.717, 1.165) is 15.4 Å². The van der Waals surface area contributed by atoms with Gasteiger partial charge in [-0.2, -0.15) is 0 Å². The molecular formula is C16H9Br2FO2. The molecule has 21 heavy (non-hydrogen) atoms. The first-order valence-electron chi connectivity index (χ1n) is 6.15. The summed E-state index contributed by atoms with van der Waals surface area (Å²) in [5.74, 6) is -0.442. The van der Waals surface area contributed by atoms with Gasteiger partial charge < -0.3 is 4.42 Å². The lowest BCUT2D eigenvalue weighted by molar-refractivity contribution is 0.101. The number of hydrogen-bond donors (Lipinski definition) is 0. The third-order valence-electron chi connectivity index (χ3n) is 3.17. The summed E-state index contributed by atoms with van der Waals surface area (Å²) in [4.78, 5) is 12.4. The lowest BCUT2D eigenvalue weighted by atomic mass is 10.1. The molecule has 0 N–H and O–H groups in total. The summed E-state index contributed by atoms with van der Waals surface area (Å²) in [6.07, 6.45) is 0. The summed E-state index contributed by atoms with van der Waals surface area (Å²) in [5.41, 5.74) is 2.00. The molecule has 1 heterocycles. The molecule has 0 saturated heterocycles. The van der Waals surface area contributed by atoms with E-state index in [1.54, 1.807) is 6.07 Å². The average molecular weight is 412 g/mol. The van der Waals surface area contributed by atoms with Gasteiger partial charge in [0.1, 0.15) is 11.4 Å². The third kappa shape index (κ3) is 2.68. The van der Waals surface area contributed by atoms with Gasteiger partial charge in [-0.25, -0.2) is 4.39 Å². The first kappa shape index (κ1) is 14.5. The number of carbonyl (C=O) groups is 1. The molecular weight excluding hydrogens is 403 g/mol. The average Bonchev–Trinajstić information content (AvgIpc) is 2.85. The number of ketones is 1. The van der Waals surface area contributed by atoms with Gasteiger partial charge in [0.15, 0.2) is 5.76 Å². The molecule has 106 valence electrons. The molecule has 0 atom stereocenters. The molecule has 0 aliphatic heterocycles. The predicted molar refractivity (Wildman–Crippen MR) is 86.2 cm³/mol. The highest BCUT2D eigenvalue weighted by Gasteiger charge is 2.17. The fraction of sp³-hybridized carbons (Fsp3) is 0.0625. The molecule has 0 bridgehead atoms. The maximum atomic E-state index is 13.2. The molecule has 1 aromatic heterocycles. The maximum absolute atomic E-state index is 13.2. The molecule has 0 spiro atoms. The number of carbonyl (C=O) groups excluding carboxylic acids is 1. The van der Waals surface area contributed by atoms with Crippen LogP contribution in [0.15, 0.2) is 49.8 Å². The van der Waals surface area contributed by atoms with E-state index in [1.807, 2.05) is 19.1 Å². The summed E-state index contributed by atoms with van der Waals surface area (Å²) >= 11 is 6.50. The molecule has 0 aliphatic rings. The molecule has 0 radical (unpaired) electrons. The summed E-state index contributed by atoms with van der Waals surface area (Å²) in [7, 11) is 0. The van der Waals surface area contributed by atoms with Crippen LogP contribution < -0.4 is 0 Å². The van der Waals surface area contributed by atoms with Crippen LogP contribution in [0.25, 0.3) is 11.0 Å². The van der Waals surface area contributed by atoms with Gasteiger partial charge in [-0.05, 0) is 64.8 Å². The van der Waals surface area contributed by atoms with Gasteiger partial charge in [0, 0.05) is 15.4 Å². The Morgan fingerprint density at radius 1 is 1.14 bits per heavy atom. The standard InChI is InChI=1S/C16H9Br2FO2/c1-8-4-11(17)5-10-7-14(21-16(8)10)15(20)9-2-3-13(19)12(18)6-9/h2-7H,1H3. The van der Waals surface area contributed by atoms with Crippen LogP contribution in [-0.2, 0) is 0 Å². The first-order valence-corrected chi connectivity index (χ1v) is 7.74. The van der Waals surface area contributed by atoms with Gasteiger partial charge in [-0.1, -0.05) is 15.9 Å². The molecule has 0 aliphatic carbocycles. The molecule has 2 nitrogen and oxygen atoms in total. The van der Waals surface area contributed by atoms with Crippen molar-refractivity contribution in [3.8, 4) is 0 Å². The van der Waals surface area contributed by atoms with Gasteiger partial charge in [0.2, 0.25) is 5.78 Å². The largest absolute Gasteiger partial charge is 0.452 e. The van der Waals surface area contributed by atoms with Crippen molar-refractivity contribution in [3.63, 3.8) is 0 Å². The van der Waals surface area contributed by atoms with E-state index in [1.165, 1.54) is 18.2 Å². The number of furan rings is 1. The molecule has 3 rings (SSSR count). The molecule has 0 unspecified atom stereocenters. The van der Waals surface area contributed by atoms with Crippen molar-refractivity contribution in [1.82, 2.24) is 0 Å². The number of aryl methyl sites for hydroxylation is 1. The summed E-state index contributed by atoms with van der Waals surface area (Å²) in [6, 6.07) is 9.66. The number of rotatable bonds is 2. The highest BCUT2D eigenvalue weighted by molar-refractivity contribution is 9.10. The number of benzene rings is 2. The molecule has 0 fully saturated rings. The van der Waals surface area contributed by atoms with E-state index in [2.05, 4.69) is 31.9 Å². The van der Waals surface area contributed by atoms with Crippen LogP contribution in [0, 0.1) is 12.7 Å². The summed E-state index contributed by atoms with van der Waals surface area (Å²) < 4.78 is 20.1. The van der Waals surface area contributed by atoms with Crippen LogP contribution in [0.4, 0.5) is 4.39 Å². The highest BCUT2D eigenvalue weighted by atomic mass is 79.9. The zero-order chi connectivity index (χ0) is 15.1. The maximum Gasteiger partial charge on any atom is 0.228 e. The minimum atomic E-state index is -0.407. The van der Waals surface area contributed by atoms with Crippen LogP contribution in [0.2, 0.25) is 0 Å². The fourth-order valence-electron chi connectivity index (χ4n) is 2.17. The zero-order valence-corrected chi connectivity index (χ0v) is 14.1. The van der Waals surface area contributed by atoms with E-state index in [4.69, 9.17) is 4.42 Å². The summed E-state index contributed by atoms with van der Waals surface area (Å²) in [5, 5.41) is 0.853. The minimum Gasteiger partial charge on any atom is -0.452 e. The monoisotopic (exact) mass is 410 g/mol. The van der Waals surface area contributed by atoms with Crippen LogP contribution in [-0.4, -0.2) is 5.78 Å². The molecule has 0 amide bonds. The number of fused-ring (bicyclic) bond motifs is 1. The van der Waals surface area contributed by atoms with Crippen LogP contribution in [0.3, 0.4) is 0 Å². The lowest BCUT2D eigenvalue weighted by Crippen LogP contribution is -1.99. The second-order valence-corrected chi connectivity index (χ2v) is 6.48. The van der Waals surface area contributed by atoms with Crippen molar-refractivity contribution < 1.29 is 13.6 Å². The second kappa shape index (κ2) is 5.39. The van der Waals surface area contributed by atoms with Crippen LogP contribution >= 0.6 is 31.9 Å². The molecule has 0 saturated carbocycles. The highest BCUT2D eigenvalue weighted by Crippen LogP contribution is 2.28. The number of hydrogen-bond acceptors (Lipinski definition) is 2. The Labute approximate surface area is 137 Å². The van der Waals surface area contributed by atoms with E-state index in [0.29, 0.717) is 11.1 Å². The molecule has 2 aromatic carbocycles. The van der Waals surface area contributed by atoms with E-state index >= 15 is 0 Å². The molecule has 5 heteroatoms. The Bertz CT molecular complexity index is 868. The third-order valence-corrected chi connectivity index (χ3v) is 4.24. The normalized spacial score (nSPS) is 11.0. The molecule has 3 aromatic rings. The van der Waals surface area contributed by atoms with Gasteiger partial charge in [0.05, 0.1) is 4.47 Å². The van der Waals surface area contributed by atoms with Gasteiger partial charge >= 0.3 is 0 Å². The zero-order valence-electron chi connectivity index (χ0n) is 10.9. The second-order valence-electron chi connectivity index (χ2n) is 4.71. The van der Waals surface area contributed by atoms with E-state index in [-0.39, 0.29) is 16.0 Å². The smallest absolute Gasteiger partial charge is 0.228 e. The quantitative estimate of drug-likeness (QED) is 0.511. The first-order chi connectivity index (χ1) is 9.95. The van der Waals surface area contributed by atoms with Crippen molar-refractivity contribution >= 4 is 48.6 Å².